The van der Waals surface area contributed by atoms with Gasteiger partial charge in [-0.05, 0) is 31.9 Å². The van der Waals surface area contributed by atoms with Gasteiger partial charge in [-0.3, -0.25) is 4.79 Å². The van der Waals surface area contributed by atoms with Gasteiger partial charge < -0.3 is 9.64 Å². The van der Waals surface area contributed by atoms with Crippen molar-refractivity contribution < 1.29 is 9.53 Å². The molecule has 1 rings (SSSR count). The van der Waals surface area contributed by atoms with Crippen LogP contribution in [0.4, 0.5) is 0 Å². The lowest BCUT2D eigenvalue weighted by molar-refractivity contribution is -0.138. The summed E-state index contributed by atoms with van der Waals surface area (Å²) in [6.07, 6.45) is 2.46. The standard InChI is InChI=1S/C16H25NO2/c1-4-7-13-17(6-3)16(18)15(5-2)19-14-11-9-8-10-12-14/h8-12,15H,4-7,13H2,1-3H3/t15-/m1/s1. The van der Waals surface area contributed by atoms with Crippen molar-refractivity contribution in [2.75, 3.05) is 13.1 Å². The van der Waals surface area contributed by atoms with Gasteiger partial charge in [0.05, 0.1) is 0 Å². The van der Waals surface area contributed by atoms with Crippen LogP contribution in [0.5, 0.6) is 5.75 Å². The normalized spacial score (nSPS) is 11.9. The molecule has 3 nitrogen and oxygen atoms in total. The predicted molar refractivity (Wildman–Crippen MR) is 78.3 cm³/mol. The molecular weight excluding hydrogens is 238 g/mol. The van der Waals surface area contributed by atoms with E-state index in [0.717, 1.165) is 31.7 Å². The van der Waals surface area contributed by atoms with E-state index in [1.165, 1.54) is 0 Å². The summed E-state index contributed by atoms with van der Waals surface area (Å²) in [5.74, 6) is 0.858. The molecule has 0 fully saturated rings. The Bertz CT molecular complexity index is 364. The maximum absolute atomic E-state index is 12.4. The molecule has 0 unspecified atom stereocenters. The number of para-hydroxylation sites is 1. The van der Waals surface area contributed by atoms with E-state index < -0.39 is 0 Å². The van der Waals surface area contributed by atoms with Crippen LogP contribution in [0.25, 0.3) is 0 Å². The van der Waals surface area contributed by atoms with E-state index in [-0.39, 0.29) is 12.0 Å². The summed E-state index contributed by atoms with van der Waals surface area (Å²) in [5, 5.41) is 0. The molecule has 0 saturated heterocycles. The third-order valence-corrected chi connectivity index (χ3v) is 3.14. The average Bonchev–Trinajstić information content (AvgIpc) is 2.46. The molecule has 106 valence electrons. The summed E-state index contributed by atoms with van der Waals surface area (Å²) in [7, 11) is 0. The number of unbranched alkanes of at least 4 members (excludes halogenated alkanes) is 1. The van der Waals surface area contributed by atoms with Gasteiger partial charge in [-0.1, -0.05) is 38.5 Å². The van der Waals surface area contributed by atoms with Crippen LogP contribution in [0.15, 0.2) is 30.3 Å². The summed E-state index contributed by atoms with van der Waals surface area (Å²) in [6, 6.07) is 9.55. The third-order valence-electron chi connectivity index (χ3n) is 3.14. The van der Waals surface area contributed by atoms with Crippen LogP contribution < -0.4 is 4.74 Å². The Hall–Kier alpha value is -1.51. The van der Waals surface area contributed by atoms with Crippen molar-refractivity contribution in [3.8, 4) is 5.75 Å². The lowest BCUT2D eigenvalue weighted by atomic mass is 10.2. The first-order valence-corrected chi connectivity index (χ1v) is 7.23. The van der Waals surface area contributed by atoms with Gasteiger partial charge in [-0.15, -0.1) is 0 Å². The minimum atomic E-state index is -0.376. The van der Waals surface area contributed by atoms with E-state index in [1.54, 1.807) is 0 Å². The number of nitrogens with zero attached hydrogens (tertiary/aromatic N) is 1. The minimum Gasteiger partial charge on any atom is -0.481 e. The number of carbonyl (C=O) groups excluding carboxylic acids is 1. The molecule has 1 aromatic rings. The van der Waals surface area contributed by atoms with Gasteiger partial charge in [0.1, 0.15) is 5.75 Å². The predicted octanol–water partition coefficient (Wildman–Crippen LogP) is 3.49. The van der Waals surface area contributed by atoms with Gasteiger partial charge in [0, 0.05) is 13.1 Å². The summed E-state index contributed by atoms with van der Waals surface area (Å²) in [5.41, 5.74) is 0. The molecule has 0 saturated carbocycles. The fourth-order valence-corrected chi connectivity index (χ4v) is 1.95. The maximum Gasteiger partial charge on any atom is 0.263 e. The van der Waals surface area contributed by atoms with E-state index in [9.17, 15) is 4.79 Å². The number of carbonyl (C=O) groups is 1. The largest absolute Gasteiger partial charge is 0.481 e. The first-order valence-electron chi connectivity index (χ1n) is 7.23. The molecule has 0 N–H and O–H groups in total. The highest BCUT2D eigenvalue weighted by atomic mass is 16.5. The molecular formula is C16H25NO2. The molecule has 1 atom stereocenters. The number of hydrogen-bond acceptors (Lipinski definition) is 2. The highest BCUT2D eigenvalue weighted by Crippen LogP contribution is 2.14. The molecule has 0 aliphatic heterocycles. The molecule has 1 amide bonds. The van der Waals surface area contributed by atoms with Gasteiger partial charge in [-0.25, -0.2) is 0 Å². The number of benzene rings is 1. The molecule has 0 radical (unpaired) electrons. The topological polar surface area (TPSA) is 29.5 Å². The number of ether oxygens (including phenoxy) is 1. The Labute approximate surface area is 116 Å². The molecule has 0 aromatic heterocycles. The van der Waals surface area contributed by atoms with Crippen molar-refractivity contribution in [1.29, 1.82) is 0 Å². The zero-order valence-electron chi connectivity index (χ0n) is 12.3. The molecule has 0 aliphatic rings. The SMILES string of the molecule is CCCCN(CC)C(=O)[C@@H](CC)Oc1ccccc1. The Kier molecular flexibility index (Phi) is 7.01. The Morgan fingerprint density at radius 3 is 2.42 bits per heavy atom. The van der Waals surface area contributed by atoms with Crippen molar-refractivity contribution in [1.82, 2.24) is 4.90 Å². The fraction of sp³-hybridized carbons (Fsp3) is 0.562. The quantitative estimate of drug-likeness (QED) is 0.718. The van der Waals surface area contributed by atoms with Crippen LogP contribution in [0.1, 0.15) is 40.0 Å². The Morgan fingerprint density at radius 2 is 1.89 bits per heavy atom. The smallest absolute Gasteiger partial charge is 0.263 e. The highest BCUT2D eigenvalue weighted by Gasteiger charge is 2.23. The Balaban J connectivity index is 2.64. The van der Waals surface area contributed by atoms with Crippen molar-refractivity contribution in [3.05, 3.63) is 30.3 Å². The monoisotopic (exact) mass is 263 g/mol. The van der Waals surface area contributed by atoms with E-state index in [0.29, 0.717) is 6.42 Å². The lowest BCUT2D eigenvalue weighted by Gasteiger charge is -2.26. The van der Waals surface area contributed by atoms with Crippen LogP contribution in [0, 0.1) is 0 Å². The first kappa shape index (κ1) is 15.5. The molecule has 19 heavy (non-hydrogen) atoms. The van der Waals surface area contributed by atoms with Gasteiger partial charge in [0.25, 0.3) is 5.91 Å². The van der Waals surface area contributed by atoms with Crippen LogP contribution in [0.3, 0.4) is 0 Å². The van der Waals surface area contributed by atoms with Crippen molar-refractivity contribution in [3.63, 3.8) is 0 Å². The van der Waals surface area contributed by atoms with Crippen molar-refractivity contribution in [2.45, 2.75) is 46.1 Å². The number of likely N-dealkylation sites (N-methyl/N-ethyl adjacent to an activating group) is 1. The van der Waals surface area contributed by atoms with Crippen LogP contribution >= 0.6 is 0 Å². The second-order valence-corrected chi connectivity index (χ2v) is 4.60. The van der Waals surface area contributed by atoms with Crippen molar-refractivity contribution in [2.24, 2.45) is 0 Å². The van der Waals surface area contributed by atoms with Gasteiger partial charge in [0.2, 0.25) is 0 Å². The third kappa shape index (κ3) is 4.93. The summed E-state index contributed by atoms with van der Waals surface area (Å²) < 4.78 is 5.80. The lowest BCUT2D eigenvalue weighted by Crippen LogP contribution is -2.42. The van der Waals surface area contributed by atoms with E-state index in [1.807, 2.05) is 49.1 Å². The Morgan fingerprint density at radius 1 is 1.21 bits per heavy atom. The second-order valence-electron chi connectivity index (χ2n) is 4.60. The molecule has 0 heterocycles. The summed E-state index contributed by atoms with van der Waals surface area (Å²) >= 11 is 0. The number of rotatable bonds is 8. The van der Waals surface area contributed by atoms with Gasteiger partial charge in [-0.2, -0.15) is 0 Å². The van der Waals surface area contributed by atoms with Crippen LogP contribution in [-0.2, 0) is 4.79 Å². The summed E-state index contributed by atoms with van der Waals surface area (Å²) in [6.45, 7) is 7.70. The fourth-order valence-electron chi connectivity index (χ4n) is 1.95. The number of hydrogen-bond donors (Lipinski definition) is 0. The molecule has 0 bridgehead atoms. The van der Waals surface area contributed by atoms with Gasteiger partial charge >= 0.3 is 0 Å². The second kappa shape index (κ2) is 8.57. The average molecular weight is 263 g/mol. The van der Waals surface area contributed by atoms with Gasteiger partial charge in [0.15, 0.2) is 6.10 Å². The van der Waals surface area contributed by atoms with E-state index in [4.69, 9.17) is 4.74 Å². The van der Waals surface area contributed by atoms with Crippen LogP contribution in [0.2, 0.25) is 0 Å². The summed E-state index contributed by atoms with van der Waals surface area (Å²) in [4.78, 5) is 14.3. The zero-order chi connectivity index (χ0) is 14.1. The van der Waals surface area contributed by atoms with E-state index in [2.05, 4.69) is 6.92 Å². The molecule has 0 spiro atoms. The molecule has 0 aliphatic carbocycles. The van der Waals surface area contributed by atoms with Crippen LogP contribution in [-0.4, -0.2) is 30.0 Å². The molecule has 1 aromatic carbocycles. The number of amides is 1. The highest BCUT2D eigenvalue weighted by molar-refractivity contribution is 5.81. The van der Waals surface area contributed by atoms with Crippen molar-refractivity contribution >= 4 is 5.91 Å². The molecule has 3 heteroatoms. The maximum atomic E-state index is 12.4. The zero-order valence-corrected chi connectivity index (χ0v) is 12.3. The van der Waals surface area contributed by atoms with E-state index >= 15 is 0 Å². The minimum absolute atomic E-state index is 0.0994. The first-order chi connectivity index (χ1) is 9.22.